The van der Waals surface area contributed by atoms with Crippen molar-refractivity contribution in [1.82, 2.24) is 20.1 Å². The predicted molar refractivity (Wildman–Crippen MR) is 103 cm³/mol. The number of rotatable bonds is 6. The van der Waals surface area contributed by atoms with Gasteiger partial charge in [0.25, 0.3) is 0 Å². The quantitative estimate of drug-likeness (QED) is 0.616. The third kappa shape index (κ3) is 4.70. The average molecular weight is 417 g/mol. The normalized spacial score (nSPS) is 11.9. The number of aromatic nitrogens is 3. The molecule has 0 aliphatic heterocycles. The van der Waals surface area contributed by atoms with Crippen molar-refractivity contribution in [3.05, 3.63) is 71.0 Å². The van der Waals surface area contributed by atoms with Crippen LogP contribution in [-0.2, 0) is 4.79 Å². The van der Waals surface area contributed by atoms with Crippen molar-refractivity contribution in [3.63, 3.8) is 0 Å². The molecule has 0 saturated carbocycles. The number of carbonyl (C=O) groups excluding carboxylic acids is 1. The number of hydrogen-bond acceptors (Lipinski definition) is 4. The molecule has 7 heteroatoms. The van der Waals surface area contributed by atoms with Crippen molar-refractivity contribution in [2.24, 2.45) is 0 Å². The fourth-order valence-corrected chi connectivity index (χ4v) is 3.34. The molecule has 1 amide bonds. The molecule has 3 rings (SSSR count). The Labute approximate surface area is 159 Å². The Hall–Kier alpha value is -2.12. The molecule has 128 valence electrons. The summed E-state index contributed by atoms with van der Waals surface area (Å²) in [5.74, 6) is 0.245. The lowest BCUT2D eigenvalue weighted by molar-refractivity contribution is -0.119. The molecule has 1 N–H and O–H groups in total. The zero-order chi connectivity index (χ0) is 17.6. The van der Waals surface area contributed by atoms with Gasteiger partial charge in [0.05, 0.1) is 11.8 Å². The molecule has 0 bridgehead atoms. The summed E-state index contributed by atoms with van der Waals surface area (Å²) >= 11 is 4.78. The van der Waals surface area contributed by atoms with Crippen LogP contribution in [0.1, 0.15) is 18.5 Å². The Bertz CT molecular complexity index is 836. The van der Waals surface area contributed by atoms with Crippen molar-refractivity contribution in [2.45, 2.75) is 18.1 Å². The lowest BCUT2D eigenvalue weighted by Crippen LogP contribution is -2.28. The van der Waals surface area contributed by atoms with E-state index in [4.69, 9.17) is 0 Å². The second-order valence-electron chi connectivity index (χ2n) is 5.45. The number of benzene rings is 2. The number of para-hydroxylation sites is 1. The molecule has 1 heterocycles. The van der Waals surface area contributed by atoms with Crippen molar-refractivity contribution in [1.29, 1.82) is 0 Å². The highest BCUT2D eigenvalue weighted by atomic mass is 79.9. The highest BCUT2D eigenvalue weighted by molar-refractivity contribution is 9.10. The van der Waals surface area contributed by atoms with Gasteiger partial charge in [-0.05, 0) is 36.8 Å². The maximum Gasteiger partial charge on any atom is 0.230 e. The zero-order valence-electron chi connectivity index (χ0n) is 13.6. The van der Waals surface area contributed by atoms with Crippen LogP contribution in [-0.4, -0.2) is 26.4 Å². The molecule has 5 nitrogen and oxygen atoms in total. The van der Waals surface area contributed by atoms with Crippen molar-refractivity contribution in [2.75, 3.05) is 5.75 Å². The van der Waals surface area contributed by atoms with Gasteiger partial charge in [0.1, 0.15) is 6.33 Å². The van der Waals surface area contributed by atoms with Crippen LogP contribution in [0, 0.1) is 0 Å². The fraction of sp³-hybridized carbons (Fsp3) is 0.167. The molecule has 1 aromatic heterocycles. The summed E-state index contributed by atoms with van der Waals surface area (Å²) in [6.45, 7) is 1.97. The molecule has 0 radical (unpaired) electrons. The van der Waals surface area contributed by atoms with Crippen LogP contribution in [0.15, 0.2) is 70.6 Å². The van der Waals surface area contributed by atoms with E-state index in [1.165, 1.54) is 11.8 Å². The van der Waals surface area contributed by atoms with Crippen LogP contribution < -0.4 is 5.32 Å². The summed E-state index contributed by atoms with van der Waals surface area (Å²) in [4.78, 5) is 12.2. The van der Waals surface area contributed by atoms with E-state index in [-0.39, 0.29) is 17.7 Å². The summed E-state index contributed by atoms with van der Waals surface area (Å²) in [7, 11) is 0. The van der Waals surface area contributed by atoms with Gasteiger partial charge < -0.3 is 5.32 Å². The molecular weight excluding hydrogens is 400 g/mol. The van der Waals surface area contributed by atoms with Gasteiger partial charge >= 0.3 is 0 Å². The van der Waals surface area contributed by atoms with E-state index in [0.29, 0.717) is 5.16 Å². The van der Waals surface area contributed by atoms with Gasteiger partial charge in [-0.15, -0.1) is 10.2 Å². The highest BCUT2D eigenvalue weighted by Gasteiger charge is 2.13. The van der Waals surface area contributed by atoms with Crippen molar-refractivity contribution in [3.8, 4) is 5.69 Å². The first-order valence-electron chi connectivity index (χ1n) is 7.76. The second-order valence-corrected chi connectivity index (χ2v) is 7.31. The van der Waals surface area contributed by atoms with Gasteiger partial charge in [-0.25, -0.2) is 0 Å². The Kier molecular flexibility index (Phi) is 5.88. The topological polar surface area (TPSA) is 59.8 Å². The first-order chi connectivity index (χ1) is 12.1. The minimum Gasteiger partial charge on any atom is -0.349 e. The van der Waals surface area contributed by atoms with Gasteiger partial charge in [-0.2, -0.15) is 0 Å². The van der Waals surface area contributed by atoms with Crippen LogP contribution in [0.2, 0.25) is 0 Å². The van der Waals surface area contributed by atoms with E-state index in [1.807, 2.05) is 66.1 Å². The number of amides is 1. The summed E-state index contributed by atoms with van der Waals surface area (Å²) in [6.07, 6.45) is 1.65. The number of hydrogen-bond donors (Lipinski definition) is 1. The third-order valence-electron chi connectivity index (χ3n) is 3.63. The van der Waals surface area contributed by atoms with Crippen LogP contribution in [0.3, 0.4) is 0 Å². The minimum atomic E-state index is -0.0480. The largest absolute Gasteiger partial charge is 0.349 e. The number of nitrogens with zero attached hydrogens (tertiary/aromatic N) is 3. The van der Waals surface area contributed by atoms with E-state index in [9.17, 15) is 4.79 Å². The Balaban J connectivity index is 1.58. The van der Waals surface area contributed by atoms with Crippen LogP contribution in [0.25, 0.3) is 5.69 Å². The average Bonchev–Trinajstić information content (AvgIpc) is 3.10. The zero-order valence-corrected chi connectivity index (χ0v) is 16.0. The second kappa shape index (κ2) is 8.31. The molecule has 1 unspecified atom stereocenters. The van der Waals surface area contributed by atoms with Crippen molar-refractivity contribution < 1.29 is 4.79 Å². The van der Waals surface area contributed by atoms with Gasteiger partial charge in [0.2, 0.25) is 5.91 Å². The SMILES string of the molecule is CC(NC(=O)CSc1nncn1-c1ccccc1)c1ccc(Br)cc1. The fourth-order valence-electron chi connectivity index (χ4n) is 2.34. The molecule has 0 fully saturated rings. The summed E-state index contributed by atoms with van der Waals surface area (Å²) in [6, 6.07) is 17.7. The Morgan fingerprint density at radius 1 is 1.20 bits per heavy atom. The Morgan fingerprint density at radius 2 is 1.92 bits per heavy atom. The molecule has 1 atom stereocenters. The minimum absolute atomic E-state index is 0.0389. The molecule has 0 aliphatic rings. The molecule has 2 aromatic carbocycles. The van der Waals surface area contributed by atoms with Gasteiger partial charge in [-0.3, -0.25) is 9.36 Å². The van der Waals surface area contributed by atoms with E-state index in [1.54, 1.807) is 6.33 Å². The maximum absolute atomic E-state index is 12.2. The number of nitrogens with one attached hydrogen (secondary N) is 1. The summed E-state index contributed by atoms with van der Waals surface area (Å²) in [5.41, 5.74) is 2.03. The van der Waals surface area contributed by atoms with Crippen LogP contribution in [0.4, 0.5) is 0 Å². The van der Waals surface area contributed by atoms with Gasteiger partial charge in [0.15, 0.2) is 5.16 Å². The molecule has 0 aliphatic carbocycles. The smallest absolute Gasteiger partial charge is 0.230 e. The van der Waals surface area contributed by atoms with E-state index < -0.39 is 0 Å². The van der Waals surface area contributed by atoms with Crippen LogP contribution >= 0.6 is 27.7 Å². The van der Waals surface area contributed by atoms with E-state index >= 15 is 0 Å². The van der Waals surface area contributed by atoms with Crippen LogP contribution in [0.5, 0.6) is 0 Å². The van der Waals surface area contributed by atoms with Gasteiger partial charge in [-0.1, -0.05) is 58.0 Å². The number of thioether (sulfide) groups is 1. The van der Waals surface area contributed by atoms with Gasteiger partial charge in [0, 0.05) is 10.2 Å². The van der Waals surface area contributed by atoms with Crippen molar-refractivity contribution >= 4 is 33.6 Å². The van der Waals surface area contributed by atoms with E-state index in [2.05, 4.69) is 31.4 Å². The highest BCUT2D eigenvalue weighted by Crippen LogP contribution is 2.20. The molecule has 0 spiro atoms. The first-order valence-corrected chi connectivity index (χ1v) is 9.54. The number of halogens is 1. The molecular formula is C18H17BrN4OS. The molecule has 3 aromatic rings. The maximum atomic E-state index is 12.2. The first kappa shape index (κ1) is 17.7. The summed E-state index contributed by atoms with van der Waals surface area (Å²) < 4.78 is 2.89. The summed E-state index contributed by atoms with van der Waals surface area (Å²) in [5, 5.41) is 11.7. The third-order valence-corrected chi connectivity index (χ3v) is 5.10. The lowest BCUT2D eigenvalue weighted by atomic mass is 10.1. The molecule has 0 saturated heterocycles. The monoisotopic (exact) mass is 416 g/mol. The Morgan fingerprint density at radius 3 is 2.64 bits per heavy atom. The predicted octanol–water partition coefficient (Wildman–Crippen LogP) is 4.00. The lowest BCUT2D eigenvalue weighted by Gasteiger charge is -2.14. The number of carbonyl (C=O) groups is 1. The molecule has 25 heavy (non-hydrogen) atoms. The standard InChI is InChI=1S/C18H17BrN4OS/c1-13(14-7-9-15(19)10-8-14)21-17(24)11-25-18-22-20-12-23(18)16-5-3-2-4-6-16/h2-10,12-13H,11H2,1H3,(H,21,24). The van der Waals surface area contributed by atoms with E-state index in [0.717, 1.165) is 15.7 Å².